The molecule has 0 aliphatic heterocycles. The predicted molar refractivity (Wildman–Crippen MR) is 189 cm³/mol. The highest BCUT2D eigenvalue weighted by Gasteiger charge is 2.26. The van der Waals surface area contributed by atoms with E-state index < -0.39 is 20.0 Å². The molecular formula is C36H69N2O6P. The fourth-order valence-corrected chi connectivity index (χ4v) is 5.66. The van der Waals surface area contributed by atoms with E-state index in [1.165, 1.54) is 96.3 Å². The van der Waals surface area contributed by atoms with Gasteiger partial charge in [0.25, 0.3) is 0 Å². The number of aliphatic hydroxyl groups excluding tert-OH is 1. The third-order valence-electron chi connectivity index (χ3n) is 7.69. The van der Waals surface area contributed by atoms with Gasteiger partial charge in [-0.25, -0.2) is 4.57 Å². The number of rotatable bonds is 33. The minimum Gasteiger partial charge on any atom is -0.387 e. The number of carbonyl (C=O) groups is 1. The highest BCUT2D eigenvalue weighted by molar-refractivity contribution is 7.47. The van der Waals surface area contributed by atoms with Crippen molar-refractivity contribution >= 4 is 13.7 Å². The van der Waals surface area contributed by atoms with E-state index in [4.69, 9.17) is 14.8 Å². The van der Waals surface area contributed by atoms with Gasteiger partial charge in [-0.3, -0.25) is 13.8 Å². The Kier molecular flexibility index (Phi) is 31.7. The zero-order chi connectivity index (χ0) is 33.3. The Morgan fingerprint density at radius 2 is 1.18 bits per heavy atom. The summed E-state index contributed by atoms with van der Waals surface area (Å²) < 4.78 is 21.9. The van der Waals surface area contributed by atoms with Gasteiger partial charge in [-0.2, -0.15) is 0 Å². The molecule has 0 saturated carbocycles. The number of unbranched alkanes of at least 4 members (excludes halogenated alkanes) is 17. The van der Waals surface area contributed by atoms with E-state index in [2.05, 4.69) is 43.5 Å². The number of carbonyl (C=O) groups excluding carboxylic acids is 1. The second-order valence-corrected chi connectivity index (χ2v) is 13.5. The number of hydrogen-bond acceptors (Lipinski definition) is 6. The van der Waals surface area contributed by atoms with Crippen LogP contribution >= 0.6 is 7.82 Å². The lowest BCUT2D eigenvalue weighted by molar-refractivity contribution is -0.123. The molecule has 0 radical (unpaired) electrons. The standard InChI is InChI=1S/C36H69N2O6P/c1-3-5-7-9-11-13-14-15-16-17-18-19-20-22-24-26-28-30-36(40)38-34(33-44-45(41,42)43-32-31-37)35(39)29-27-25-23-21-12-10-8-6-4-2/h12,15-16,21,27,29,34-35,39H,3-11,13-14,17-20,22-26,28,30-33,37H2,1-2H3,(H,38,40)(H,41,42)/b16-15-,21-12+,29-27+. The molecule has 0 aliphatic carbocycles. The first kappa shape index (κ1) is 43.7. The summed E-state index contributed by atoms with van der Waals surface area (Å²) in [6, 6.07) is -0.875. The Bertz CT molecular complexity index is 804. The number of aliphatic hydroxyl groups is 1. The highest BCUT2D eigenvalue weighted by atomic mass is 31.2. The molecule has 0 aliphatic rings. The summed E-state index contributed by atoms with van der Waals surface area (Å²) in [4.78, 5) is 22.5. The smallest absolute Gasteiger partial charge is 0.387 e. The zero-order valence-electron chi connectivity index (χ0n) is 28.8. The van der Waals surface area contributed by atoms with E-state index in [1.54, 1.807) is 6.08 Å². The summed E-state index contributed by atoms with van der Waals surface area (Å²) in [6.07, 6.45) is 36.3. The van der Waals surface area contributed by atoms with Crippen molar-refractivity contribution in [1.29, 1.82) is 0 Å². The number of phosphoric ester groups is 1. The summed E-state index contributed by atoms with van der Waals surface area (Å²) in [5.41, 5.74) is 5.34. The van der Waals surface area contributed by atoms with Crippen molar-refractivity contribution < 1.29 is 28.4 Å². The van der Waals surface area contributed by atoms with E-state index in [9.17, 15) is 19.4 Å². The summed E-state index contributed by atoms with van der Waals surface area (Å²) in [5.74, 6) is -0.213. The van der Waals surface area contributed by atoms with Gasteiger partial charge < -0.3 is 21.1 Å². The molecule has 0 aromatic carbocycles. The van der Waals surface area contributed by atoms with Crippen LogP contribution in [0, 0.1) is 0 Å². The van der Waals surface area contributed by atoms with Crippen LogP contribution in [0.4, 0.5) is 0 Å². The Hall–Kier alpha value is -1.28. The van der Waals surface area contributed by atoms with Crippen LogP contribution in [0.1, 0.15) is 155 Å². The molecule has 5 N–H and O–H groups in total. The lowest BCUT2D eigenvalue weighted by Crippen LogP contribution is -2.45. The molecule has 0 fully saturated rings. The Balaban J connectivity index is 4.29. The van der Waals surface area contributed by atoms with Crippen molar-refractivity contribution in [3.63, 3.8) is 0 Å². The van der Waals surface area contributed by atoms with E-state index in [0.717, 1.165) is 38.5 Å². The molecule has 0 bridgehead atoms. The van der Waals surface area contributed by atoms with Gasteiger partial charge in [0.05, 0.1) is 25.4 Å². The van der Waals surface area contributed by atoms with Crippen LogP contribution in [0.25, 0.3) is 0 Å². The monoisotopic (exact) mass is 656 g/mol. The van der Waals surface area contributed by atoms with Crippen LogP contribution < -0.4 is 11.1 Å². The molecule has 3 unspecified atom stereocenters. The van der Waals surface area contributed by atoms with Gasteiger partial charge in [-0.1, -0.05) is 127 Å². The predicted octanol–water partition coefficient (Wildman–Crippen LogP) is 9.22. The number of allylic oxidation sites excluding steroid dienone is 5. The van der Waals surface area contributed by atoms with Gasteiger partial charge in [0.15, 0.2) is 0 Å². The first-order chi connectivity index (χ1) is 21.9. The minimum absolute atomic E-state index is 0.0726. The fraction of sp³-hybridized carbons (Fsp3) is 0.806. The Morgan fingerprint density at radius 3 is 1.76 bits per heavy atom. The molecule has 3 atom stereocenters. The number of nitrogens with two attached hydrogens (primary N) is 1. The van der Waals surface area contributed by atoms with Gasteiger partial charge in [-0.15, -0.1) is 0 Å². The van der Waals surface area contributed by atoms with E-state index >= 15 is 0 Å². The van der Waals surface area contributed by atoms with Crippen molar-refractivity contribution in [3.05, 3.63) is 36.5 Å². The molecule has 8 nitrogen and oxygen atoms in total. The van der Waals surface area contributed by atoms with Crippen LogP contribution in [-0.4, -0.2) is 47.8 Å². The molecule has 45 heavy (non-hydrogen) atoms. The molecule has 9 heteroatoms. The quantitative estimate of drug-likeness (QED) is 0.0315. The van der Waals surface area contributed by atoms with Gasteiger partial charge >= 0.3 is 7.82 Å². The summed E-state index contributed by atoms with van der Waals surface area (Å²) in [6.45, 7) is 4.03. The maximum Gasteiger partial charge on any atom is 0.472 e. The van der Waals surface area contributed by atoms with E-state index in [-0.39, 0.29) is 25.7 Å². The third kappa shape index (κ3) is 31.1. The lowest BCUT2D eigenvalue weighted by atomic mass is 10.1. The van der Waals surface area contributed by atoms with Gasteiger partial charge in [0, 0.05) is 13.0 Å². The average molecular weight is 657 g/mol. The molecule has 0 spiro atoms. The van der Waals surface area contributed by atoms with Crippen molar-refractivity contribution in [2.45, 2.75) is 167 Å². The van der Waals surface area contributed by atoms with E-state index in [1.807, 2.05) is 6.08 Å². The zero-order valence-corrected chi connectivity index (χ0v) is 29.7. The molecule has 0 aromatic heterocycles. The van der Waals surface area contributed by atoms with Crippen LogP contribution in [0.3, 0.4) is 0 Å². The minimum atomic E-state index is -4.33. The first-order valence-corrected chi connectivity index (χ1v) is 19.6. The SMILES string of the molecule is CCCCC/C=C/CC/C=C/C(O)C(COP(=O)(O)OCCN)NC(=O)CCCCCCCCC/C=C\CCCCCCCC. The van der Waals surface area contributed by atoms with Crippen LogP contribution in [0.15, 0.2) is 36.5 Å². The maximum absolute atomic E-state index is 12.6. The lowest BCUT2D eigenvalue weighted by Gasteiger charge is -2.23. The summed E-state index contributed by atoms with van der Waals surface area (Å²) in [5, 5.41) is 13.5. The number of nitrogens with one attached hydrogen (secondary N) is 1. The summed E-state index contributed by atoms with van der Waals surface area (Å²) in [7, 11) is -4.33. The second-order valence-electron chi connectivity index (χ2n) is 12.1. The molecule has 0 rings (SSSR count). The fourth-order valence-electron chi connectivity index (χ4n) is 4.90. The highest BCUT2D eigenvalue weighted by Crippen LogP contribution is 2.43. The van der Waals surface area contributed by atoms with E-state index in [0.29, 0.717) is 6.42 Å². The first-order valence-electron chi connectivity index (χ1n) is 18.1. The molecule has 0 heterocycles. The van der Waals surface area contributed by atoms with Gasteiger partial charge in [0.2, 0.25) is 5.91 Å². The number of phosphoric acid groups is 1. The number of amides is 1. The topological polar surface area (TPSA) is 131 Å². The molecule has 1 amide bonds. The normalized spacial score (nSPS) is 14.9. The van der Waals surface area contributed by atoms with Gasteiger partial charge in [-0.05, 0) is 57.8 Å². The van der Waals surface area contributed by atoms with Gasteiger partial charge in [0.1, 0.15) is 0 Å². The van der Waals surface area contributed by atoms with Crippen molar-refractivity contribution in [1.82, 2.24) is 5.32 Å². The van der Waals surface area contributed by atoms with Crippen molar-refractivity contribution in [2.24, 2.45) is 5.73 Å². The van der Waals surface area contributed by atoms with Crippen molar-refractivity contribution in [2.75, 3.05) is 19.8 Å². The van der Waals surface area contributed by atoms with Crippen LogP contribution in [0.2, 0.25) is 0 Å². The average Bonchev–Trinajstić information content (AvgIpc) is 3.02. The largest absolute Gasteiger partial charge is 0.472 e. The second kappa shape index (κ2) is 32.7. The Morgan fingerprint density at radius 1 is 0.711 bits per heavy atom. The van der Waals surface area contributed by atoms with Crippen LogP contribution in [-0.2, 0) is 18.4 Å². The molecule has 0 saturated heterocycles. The van der Waals surface area contributed by atoms with Crippen molar-refractivity contribution in [3.8, 4) is 0 Å². The van der Waals surface area contributed by atoms with Crippen LogP contribution in [0.5, 0.6) is 0 Å². The number of hydrogen-bond donors (Lipinski definition) is 4. The Labute approximate surface area is 276 Å². The maximum atomic E-state index is 12.6. The third-order valence-corrected chi connectivity index (χ3v) is 8.67. The molecular weight excluding hydrogens is 587 g/mol. The molecule has 0 aromatic rings. The summed E-state index contributed by atoms with van der Waals surface area (Å²) >= 11 is 0. The molecule has 264 valence electrons.